The minimum atomic E-state index is -0.828. The van der Waals surface area contributed by atoms with E-state index in [1.54, 1.807) is 0 Å². The van der Waals surface area contributed by atoms with Gasteiger partial charge in [-0.25, -0.2) is 0 Å². The molecule has 5 heteroatoms. The van der Waals surface area contributed by atoms with Crippen LogP contribution in [-0.2, 0) is 16.0 Å². The number of carbonyl (C=O) groups excluding carboxylic acids is 1. The third kappa shape index (κ3) is 6.07. The topological polar surface area (TPSA) is 55.8 Å². The maximum atomic E-state index is 10.6. The molecule has 0 saturated heterocycles. The minimum Gasteiger partial charge on any atom is -0.490 e. The van der Waals surface area contributed by atoms with Crippen LogP contribution in [0.3, 0.4) is 0 Å². The first-order valence-electron chi connectivity index (χ1n) is 6.25. The molecule has 0 saturated carbocycles. The molecular formula is C14H19BrO4. The van der Waals surface area contributed by atoms with Crippen LogP contribution in [0.1, 0.15) is 25.8 Å². The van der Waals surface area contributed by atoms with Crippen LogP contribution in [0.25, 0.3) is 0 Å². The zero-order valence-electron chi connectivity index (χ0n) is 11.2. The maximum Gasteiger partial charge on any atom is 0.302 e. The van der Waals surface area contributed by atoms with Gasteiger partial charge in [0.25, 0.3) is 0 Å². The number of rotatable bonds is 7. The average molecular weight is 331 g/mol. The number of aliphatic hydroxyl groups is 1. The van der Waals surface area contributed by atoms with E-state index in [1.165, 1.54) is 12.5 Å². The Hall–Kier alpha value is -1.07. The van der Waals surface area contributed by atoms with Gasteiger partial charge in [-0.15, -0.1) is 0 Å². The second kappa shape index (κ2) is 8.17. The van der Waals surface area contributed by atoms with Gasteiger partial charge < -0.3 is 14.6 Å². The second-order valence-corrected chi connectivity index (χ2v) is 5.14. The summed E-state index contributed by atoms with van der Waals surface area (Å²) in [6, 6.07) is 5.88. The lowest BCUT2D eigenvalue weighted by molar-refractivity contribution is -0.144. The van der Waals surface area contributed by atoms with Gasteiger partial charge in [-0.3, -0.25) is 4.79 Å². The van der Waals surface area contributed by atoms with Crippen molar-refractivity contribution in [1.29, 1.82) is 0 Å². The van der Waals surface area contributed by atoms with Gasteiger partial charge in [0, 0.05) is 6.92 Å². The van der Waals surface area contributed by atoms with Crippen LogP contribution < -0.4 is 4.74 Å². The fourth-order valence-corrected chi connectivity index (χ4v) is 2.09. The monoisotopic (exact) mass is 330 g/mol. The number of esters is 1. The molecule has 0 aliphatic carbocycles. The van der Waals surface area contributed by atoms with Crippen molar-refractivity contribution in [3.05, 3.63) is 28.2 Å². The number of aliphatic hydroxyl groups excluding tert-OH is 1. The number of hydrogen-bond donors (Lipinski definition) is 1. The molecule has 0 spiro atoms. The van der Waals surface area contributed by atoms with Gasteiger partial charge in [0.2, 0.25) is 0 Å². The van der Waals surface area contributed by atoms with Crippen LogP contribution in [0.15, 0.2) is 22.7 Å². The molecule has 0 amide bonds. The highest BCUT2D eigenvalue weighted by Crippen LogP contribution is 2.26. The molecule has 1 aromatic rings. The highest BCUT2D eigenvalue weighted by Gasteiger charge is 2.09. The summed E-state index contributed by atoms with van der Waals surface area (Å²) >= 11 is 3.44. The fourth-order valence-electron chi connectivity index (χ4n) is 1.55. The van der Waals surface area contributed by atoms with Crippen LogP contribution in [0.5, 0.6) is 5.75 Å². The molecule has 1 atom stereocenters. The molecule has 1 rings (SSSR count). The normalized spacial score (nSPS) is 12.0. The molecule has 1 N–H and O–H groups in total. The van der Waals surface area contributed by atoms with E-state index in [2.05, 4.69) is 22.9 Å². The van der Waals surface area contributed by atoms with E-state index in [0.717, 1.165) is 17.3 Å². The van der Waals surface area contributed by atoms with E-state index < -0.39 is 12.1 Å². The van der Waals surface area contributed by atoms with Crippen molar-refractivity contribution < 1.29 is 19.4 Å². The van der Waals surface area contributed by atoms with Crippen molar-refractivity contribution in [1.82, 2.24) is 0 Å². The van der Waals surface area contributed by atoms with Gasteiger partial charge in [0.15, 0.2) is 0 Å². The van der Waals surface area contributed by atoms with E-state index >= 15 is 0 Å². The number of carbonyl (C=O) groups is 1. The molecule has 0 bridgehead atoms. The van der Waals surface area contributed by atoms with Gasteiger partial charge in [0.05, 0.1) is 4.47 Å². The smallest absolute Gasteiger partial charge is 0.302 e. The van der Waals surface area contributed by atoms with Crippen molar-refractivity contribution in [3.63, 3.8) is 0 Å². The first-order valence-corrected chi connectivity index (χ1v) is 7.05. The highest BCUT2D eigenvalue weighted by molar-refractivity contribution is 9.10. The van der Waals surface area contributed by atoms with E-state index in [-0.39, 0.29) is 13.2 Å². The summed E-state index contributed by atoms with van der Waals surface area (Å²) in [5, 5.41) is 9.57. The lowest BCUT2D eigenvalue weighted by Gasteiger charge is -2.13. The molecule has 1 unspecified atom stereocenters. The third-order valence-electron chi connectivity index (χ3n) is 2.45. The van der Waals surface area contributed by atoms with E-state index in [1.807, 2.05) is 18.2 Å². The summed E-state index contributed by atoms with van der Waals surface area (Å²) in [5.41, 5.74) is 1.24. The maximum absolute atomic E-state index is 10.6. The first-order chi connectivity index (χ1) is 9.02. The highest BCUT2D eigenvalue weighted by atomic mass is 79.9. The van der Waals surface area contributed by atoms with Gasteiger partial charge in [-0.05, 0) is 40.0 Å². The Morgan fingerprint density at radius 3 is 2.74 bits per heavy atom. The zero-order chi connectivity index (χ0) is 14.3. The largest absolute Gasteiger partial charge is 0.490 e. The Morgan fingerprint density at radius 1 is 1.42 bits per heavy atom. The SMILES string of the molecule is CCCc1ccc(OCC(O)COC(C)=O)c(Br)c1. The van der Waals surface area contributed by atoms with Gasteiger partial charge in [-0.1, -0.05) is 19.4 Å². The summed E-state index contributed by atoms with van der Waals surface area (Å²) in [7, 11) is 0. The lowest BCUT2D eigenvalue weighted by atomic mass is 10.1. The summed E-state index contributed by atoms with van der Waals surface area (Å²) in [4.78, 5) is 10.6. The minimum absolute atomic E-state index is 0.0547. The molecule has 1 aromatic carbocycles. The van der Waals surface area contributed by atoms with Gasteiger partial charge >= 0.3 is 5.97 Å². The van der Waals surface area contributed by atoms with Crippen molar-refractivity contribution in [2.24, 2.45) is 0 Å². The molecule has 106 valence electrons. The molecule has 0 aliphatic rings. The van der Waals surface area contributed by atoms with E-state index in [0.29, 0.717) is 5.75 Å². The summed E-state index contributed by atoms with van der Waals surface area (Å²) in [5.74, 6) is 0.255. The average Bonchev–Trinajstić information content (AvgIpc) is 2.35. The molecule has 0 fully saturated rings. The number of aryl methyl sites for hydroxylation is 1. The molecule has 19 heavy (non-hydrogen) atoms. The van der Waals surface area contributed by atoms with Crippen LogP contribution in [0, 0.1) is 0 Å². The number of hydrogen-bond acceptors (Lipinski definition) is 4. The Kier molecular flexibility index (Phi) is 6.87. The van der Waals surface area contributed by atoms with E-state index in [9.17, 15) is 9.90 Å². The Morgan fingerprint density at radius 2 is 2.16 bits per heavy atom. The molecule has 0 heterocycles. The Labute approximate surface area is 121 Å². The van der Waals surface area contributed by atoms with Crippen LogP contribution in [0.2, 0.25) is 0 Å². The summed E-state index contributed by atoms with van der Waals surface area (Å²) in [6.07, 6.45) is 1.29. The van der Waals surface area contributed by atoms with Crippen molar-refractivity contribution >= 4 is 21.9 Å². The second-order valence-electron chi connectivity index (χ2n) is 4.28. The summed E-state index contributed by atoms with van der Waals surface area (Å²) in [6.45, 7) is 3.46. The predicted octanol–water partition coefficient (Wildman–Crippen LogP) is 2.70. The quantitative estimate of drug-likeness (QED) is 0.781. The van der Waals surface area contributed by atoms with Crippen molar-refractivity contribution in [3.8, 4) is 5.75 Å². The third-order valence-corrected chi connectivity index (χ3v) is 3.06. The first kappa shape index (κ1) is 16.0. The van der Waals surface area contributed by atoms with Crippen LogP contribution in [-0.4, -0.2) is 30.4 Å². The van der Waals surface area contributed by atoms with Crippen LogP contribution in [0.4, 0.5) is 0 Å². The van der Waals surface area contributed by atoms with E-state index in [4.69, 9.17) is 9.47 Å². The number of halogens is 1. The predicted molar refractivity (Wildman–Crippen MR) is 76.3 cm³/mol. The van der Waals surface area contributed by atoms with Gasteiger partial charge in [0.1, 0.15) is 25.1 Å². The van der Waals surface area contributed by atoms with Crippen molar-refractivity contribution in [2.75, 3.05) is 13.2 Å². The molecule has 0 radical (unpaired) electrons. The Bertz CT molecular complexity index is 420. The molecular weight excluding hydrogens is 312 g/mol. The summed E-state index contributed by atoms with van der Waals surface area (Å²) < 4.78 is 11.0. The molecule has 0 aliphatic heterocycles. The molecule has 4 nitrogen and oxygen atoms in total. The molecule has 0 aromatic heterocycles. The zero-order valence-corrected chi connectivity index (χ0v) is 12.8. The van der Waals surface area contributed by atoms with Crippen LogP contribution >= 0.6 is 15.9 Å². The number of benzene rings is 1. The fraction of sp³-hybridized carbons (Fsp3) is 0.500. The lowest BCUT2D eigenvalue weighted by Crippen LogP contribution is -2.24. The van der Waals surface area contributed by atoms with Crippen molar-refractivity contribution in [2.45, 2.75) is 32.8 Å². The number of ether oxygens (including phenoxy) is 2. The van der Waals surface area contributed by atoms with Gasteiger partial charge in [-0.2, -0.15) is 0 Å². The Balaban J connectivity index is 2.46. The standard InChI is InChI=1S/C14H19BrO4/c1-3-4-11-5-6-14(13(15)7-11)19-9-12(17)8-18-10(2)16/h5-7,12,17H,3-4,8-9H2,1-2H3.